The van der Waals surface area contributed by atoms with Gasteiger partial charge in [0.2, 0.25) is 11.8 Å². The molecule has 0 radical (unpaired) electrons. The largest absolute Gasteiger partial charge is 0.465 e. The molecule has 4 aliphatic rings. The molecule has 3 unspecified atom stereocenters. The van der Waals surface area contributed by atoms with Gasteiger partial charge in [-0.3, -0.25) is 14.4 Å². The third kappa shape index (κ3) is 4.83. The van der Waals surface area contributed by atoms with E-state index < -0.39 is 35.0 Å². The van der Waals surface area contributed by atoms with Gasteiger partial charge in [-0.15, -0.1) is 13.2 Å². The Kier molecular flexibility index (Phi) is 9.03. The van der Waals surface area contributed by atoms with Crippen LogP contribution in [-0.2, 0) is 23.9 Å². The third-order valence-corrected chi connectivity index (χ3v) is 9.53. The molecule has 2 amide bonds. The molecule has 0 aromatic carbocycles. The van der Waals surface area contributed by atoms with E-state index in [1.54, 1.807) is 17.1 Å². The number of ether oxygens (including phenoxy) is 2. The van der Waals surface area contributed by atoms with Gasteiger partial charge in [-0.05, 0) is 57.8 Å². The number of unbranched alkanes of at least 4 members (excludes halogenated alkanes) is 2. The number of hydrogen-bond donors (Lipinski definition) is 1. The summed E-state index contributed by atoms with van der Waals surface area (Å²) in [6.07, 6.45) is 11.8. The normalized spacial score (nSPS) is 34.3. The van der Waals surface area contributed by atoms with Gasteiger partial charge in [-0.25, -0.2) is 0 Å². The molecule has 1 aliphatic carbocycles. The number of carbonyl (C=O) groups excluding carboxylic acids is 3. The molecule has 38 heavy (non-hydrogen) atoms. The summed E-state index contributed by atoms with van der Waals surface area (Å²) in [4.78, 5) is 45.8. The Morgan fingerprint density at radius 3 is 2.58 bits per heavy atom. The Morgan fingerprint density at radius 2 is 1.92 bits per heavy atom. The zero-order valence-corrected chi connectivity index (χ0v) is 23.2. The standard InChI is InChI=1S/C30H46N2O6/c1-5-7-13-19-37-28(36)24-23-26(34)32(17-11-12-18-33)25(30(23)20-21(3)29(24,4)38-30)27(35)31(16-6-2)22-14-9-8-10-15-22/h5-6,21-25,33H,1-2,7-20H2,3-4H3/t21?,23-,24+,25?,29-,30?/m0/s1. The topological polar surface area (TPSA) is 96.4 Å². The maximum atomic E-state index is 14.5. The fourth-order valence-corrected chi connectivity index (χ4v) is 7.61. The van der Waals surface area contributed by atoms with Crippen molar-refractivity contribution >= 4 is 17.8 Å². The summed E-state index contributed by atoms with van der Waals surface area (Å²) in [6, 6.07) is -0.695. The van der Waals surface area contributed by atoms with Crippen LogP contribution in [0.2, 0.25) is 0 Å². The average Bonchev–Trinajstić information content (AvgIpc) is 3.42. The second kappa shape index (κ2) is 11.9. The van der Waals surface area contributed by atoms with Crippen molar-refractivity contribution in [2.45, 2.75) is 101 Å². The Hall–Kier alpha value is -2.19. The zero-order valence-electron chi connectivity index (χ0n) is 23.2. The molecule has 1 spiro atoms. The number of allylic oxidation sites excluding steroid dienone is 1. The van der Waals surface area contributed by atoms with Crippen LogP contribution in [0.1, 0.15) is 78.1 Å². The highest BCUT2D eigenvalue weighted by atomic mass is 16.6. The lowest BCUT2D eigenvalue weighted by Crippen LogP contribution is -2.58. The summed E-state index contributed by atoms with van der Waals surface area (Å²) in [7, 11) is 0. The predicted octanol–water partition coefficient (Wildman–Crippen LogP) is 3.63. The lowest BCUT2D eigenvalue weighted by molar-refractivity contribution is -0.162. The van der Waals surface area contributed by atoms with E-state index in [4.69, 9.17) is 9.47 Å². The van der Waals surface area contributed by atoms with Gasteiger partial charge in [0.25, 0.3) is 0 Å². The maximum Gasteiger partial charge on any atom is 0.312 e. The molecule has 0 aromatic heterocycles. The molecular weight excluding hydrogens is 484 g/mol. The molecular formula is C30H46N2O6. The van der Waals surface area contributed by atoms with E-state index in [0.29, 0.717) is 38.8 Å². The van der Waals surface area contributed by atoms with Crippen LogP contribution in [0.4, 0.5) is 0 Å². The van der Waals surface area contributed by atoms with Gasteiger partial charge in [0, 0.05) is 25.7 Å². The quantitative estimate of drug-likeness (QED) is 0.222. The van der Waals surface area contributed by atoms with Crippen molar-refractivity contribution in [2.24, 2.45) is 17.8 Å². The summed E-state index contributed by atoms with van der Waals surface area (Å²) < 4.78 is 12.5. The number of hydrogen-bond acceptors (Lipinski definition) is 6. The van der Waals surface area contributed by atoms with Crippen LogP contribution in [-0.4, -0.2) is 82.3 Å². The van der Waals surface area contributed by atoms with Gasteiger partial charge in [0.05, 0.1) is 18.1 Å². The monoisotopic (exact) mass is 530 g/mol. The van der Waals surface area contributed by atoms with Crippen molar-refractivity contribution in [1.82, 2.24) is 9.80 Å². The summed E-state index contributed by atoms with van der Waals surface area (Å²) in [5.74, 6) is -2.26. The highest BCUT2D eigenvalue weighted by Gasteiger charge is 2.80. The molecule has 212 valence electrons. The van der Waals surface area contributed by atoms with Gasteiger partial charge >= 0.3 is 5.97 Å². The average molecular weight is 531 g/mol. The van der Waals surface area contributed by atoms with Crippen LogP contribution in [0.25, 0.3) is 0 Å². The molecule has 8 nitrogen and oxygen atoms in total. The smallest absolute Gasteiger partial charge is 0.312 e. The molecule has 4 fully saturated rings. The van der Waals surface area contributed by atoms with Crippen LogP contribution in [0, 0.1) is 17.8 Å². The van der Waals surface area contributed by atoms with Crippen LogP contribution >= 0.6 is 0 Å². The summed E-state index contributed by atoms with van der Waals surface area (Å²) in [6.45, 7) is 12.6. The van der Waals surface area contributed by atoms with Crippen molar-refractivity contribution in [3.05, 3.63) is 25.3 Å². The number of rotatable bonds is 13. The molecule has 3 heterocycles. The van der Waals surface area contributed by atoms with Gasteiger partial charge < -0.3 is 24.4 Å². The molecule has 8 heteroatoms. The van der Waals surface area contributed by atoms with Crippen LogP contribution < -0.4 is 0 Å². The van der Waals surface area contributed by atoms with Crippen LogP contribution in [0.15, 0.2) is 25.3 Å². The first-order chi connectivity index (χ1) is 18.3. The van der Waals surface area contributed by atoms with E-state index in [0.717, 1.165) is 32.1 Å². The number of aliphatic hydroxyl groups excluding tert-OH is 1. The van der Waals surface area contributed by atoms with E-state index in [9.17, 15) is 19.5 Å². The summed E-state index contributed by atoms with van der Waals surface area (Å²) in [5.41, 5.74) is -1.94. The third-order valence-electron chi connectivity index (χ3n) is 9.53. The summed E-state index contributed by atoms with van der Waals surface area (Å²) in [5, 5.41) is 9.40. The first-order valence-corrected chi connectivity index (χ1v) is 14.6. The van der Waals surface area contributed by atoms with Crippen LogP contribution in [0.3, 0.4) is 0 Å². The maximum absolute atomic E-state index is 14.5. The number of carbonyl (C=O) groups is 3. The molecule has 1 saturated carbocycles. The van der Waals surface area contributed by atoms with E-state index in [-0.39, 0.29) is 37.0 Å². The number of esters is 1. The molecule has 3 saturated heterocycles. The van der Waals surface area contributed by atoms with Gasteiger partial charge in [0.15, 0.2) is 0 Å². The number of fused-ring (bicyclic) bond motifs is 1. The van der Waals surface area contributed by atoms with E-state index in [1.165, 1.54) is 6.42 Å². The van der Waals surface area contributed by atoms with Crippen LogP contribution in [0.5, 0.6) is 0 Å². The second-order valence-corrected chi connectivity index (χ2v) is 11.8. The minimum atomic E-state index is -1.07. The highest BCUT2D eigenvalue weighted by molar-refractivity contribution is 5.98. The van der Waals surface area contributed by atoms with E-state index in [1.807, 2.05) is 18.7 Å². The molecule has 4 rings (SSSR count). The first-order valence-electron chi connectivity index (χ1n) is 14.6. The van der Waals surface area contributed by atoms with Gasteiger partial charge in [0.1, 0.15) is 17.6 Å². The van der Waals surface area contributed by atoms with Crippen molar-refractivity contribution in [2.75, 3.05) is 26.3 Å². The lowest BCUT2D eigenvalue weighted by atomic mass is 9.62. The van der Waals surface area contributed by atoms with Crippen molar-refractivity contribution in [1.29, 1.82) is 0 Å². The Balaban J connectivity index is 1.70. The number of nitrogens with zero attached hydrogens (tertiary/aromatic N) is 2. The summed E-state index contributed by atoms with van der Waals surface area (Å²) >= 11 is 0. The number of aliphatic hydroxyl groups is 1. The number of amides is 2. The Morgan fingerprint density at radius 1 is 1.18 bits per heavy atom. The predicted molar refractivity (Wildman–Crippen MR) is 144 cm³/mol. The number of likely N-dealkylation sites (tertiary alicyclic amines) is 1. The second-order valence-electron chi connectivity index (χ2n) is 11.8. The minimum Gasteiger partial charge on any atom is -0.465 e. The fourth-order valence-electron chi connectivity index (χ4n) is 7.61. The van der Waals surface area contributed by atoms with Gasteiger partial charge in [-0.2, -0.15) is 0 Å². The van der Waals surface area contributed by atoms with E-state index >= 15 is 0 Å². The SMILES string of the molecule is C=CCCCOC(=O)[C@H]1[C@H]2C(=O)N(CCCCO)C(C(=O)N(CC=C)C3CCCCC3)C23CC(C)[C@]1(C)O3. The van der Waals surface area contributed by atoms with E-state index in [2.05, 4.69) is 13.2 Å². The minimum absolute atomic E-state index is 0.0190. The molecule has 6 atom stereocenters. The Labute approximate surface area is 227 Å². The first kappa shape index (κ1) is 28.8. The molecule has 3 aliphatic heterocycles. The highest BCUT2D eigenvalue weighted by Crippen LogP contribution is 2.65. The zero-order chi connectivity index (χ0) is 27.5. The van der Waals surface area contributed by atoms with Crippen molar-refractivity contribution < 1.29 is 29.0 Å². The molecule has 0 aromatic rings. The van der Waals surface area contributed by atoms with Gasteiger partial charge in [-0.1, -0.05) is 38.3 Å². The van der Waals surface area contributed by atoms with Crippen molar-refractivity contribution in [3.63, 3.8) is 0 Å². The molecule has 1 N–H and O–H groups in total. The molecule has 2 bridgehead atoms. The lowest BCUT2D eigenvalue weighted by Gasteiger charge is -2.41. The Bertz CT molecular complexity index is 916. The van der Waals surface area contributed by atoms with Crippen molar-refractivity contribution in [3.8, 4) is 0 Å². The fraction of sp³-hybridized carbons (Fsp3) is 0.767.